The van der Waals surface area contributed by atoms with Crippen molar-refractivity contribution in [1.82, 2.24) is 30.5 Å². The van der Waals surface area contributed by atoms with Gasteiger partial charge in [-0.25, -0.2) is 9.97 Å². The number of hydrogen-bond donors (Lipinski definition) is 3. The lowest BCUT2D eigenvalue weighted by Crippen LogP contribution is -2.24. The summed E-state index contributed by atoms with van der Waals surface area (Å²) in [7, 11) is 0. The molecule has 0 fully saturated rings. The molecule has 0 aliphatic rings. The van der Waals surface area contributed by atoms with Crippen LogP contribution in [0.1, 0.15) is 22.3 Å². The molecule has 0 aliphatic carbocycles. The molecule has 1 amide bonds. The number of carbonyl (C=O) groups excluding carboxylic acids is 1. The summed E-state index contributed by atoms with van der Waals surface area (Å²) in [5.74, 6) is 1.11. The Labute approximate surface area is 85.3 Å². The second-order valence-electron chi connectivity index (χ2n) is 2.96. The Bertz CT molecular complexity index is 445. The predicted octanol–water partition coefficient (Wildman–Crippen LogP) is -0.234. The van der Waals surface area contributed by atoms with E-state index >= 15 is 0 Å². The summed E-state index contributed by atoms with van der Waals surface area (Å²) in [6.07, 6.45) is 3.32. The summed E-state index contributed by atoms with van der Waals surface area (Å²) in [5.41, 5.74) is 0. The van der Waals surface area contributed by atoms with E-state index in [1.54, 1.807) is 19.3 Å². The molecule has 0 atom stereocenters. The minimum absolute atomic E-state index is 0.138. The second-order valence-corrected chi connectivity index (χ2v) is 2.96. The molecule has 0 aromatic carbocycles. The van der Waals surface area contributed by atoms with Crippen LogP contribution in [0.4, 0.5) is 0 Å². The number of imidazole rings is 1. The van der Waals surface area contributed by atoms with Crippen molar-refractivity contribution < 1.29 is 4.79 Å². The Balaban J connectivity index is 1.93. The van der Waals surface area contributed by atoms with Crippen molar-refractivity contribution in [3.05, 3.63) is 29.9 Å². The van der Waals surface area contributed by atoms with Gasteiger partial charge in [0, 0.05) is 12.4 Å². The number of hydrogen-bond acceptors (Lipinski definition) is 4. The SMILES string of the molecule is Cc1nc(C(=O)NCc2ncc[nH]2)n[nH]1. The van der Waals surface area contributed by atoms with E-state index < -0.39 is 0 Å². The van der Waals surface area contributed by atoms with E-state index in [9.17, 15) is 4.79 Å². The van der Waals surface area contributed by atoms with Crippen LogP contribution in [-0.4, -0.2) is 31.1 Å². The maximum absolute atomic E-state index is 11.5. The third-order valence-electron chi connectivity index (χ3n) is 1.77. The normalized spacial score (nSPS) is 10.2. The Morgan fingerprint density at radius 2 is 2.47 bits per heavy atom. The first-order chi connectivity index (χ1) is 7.25. The highest BCUT2D eigenvalue weighted by molar-refractivity contribution is 5.90. The van der Waals surface area contributed by atoms with Gasteiger partial charge in [-0.1, -0.05) is 0 Å². The van der Waals surface area contributed by atoms with E-state index in [2.05, 4.69) is 30.5 Å². The lowest BCUT2D eigenvalue weighted by atomic mass is 10.5. The van der Waals surface area contributed by atoms with Crippen molar-refractivity contribution in [3.8, 4) is 0 Å². The Hall–Kier alpha value is -2.18. The first-order valence-electron chi connectivity index (χ1n) is 4.41. The molecule has 0 aliphatic heterocycles. The number of nitrogens with zero attached hydrogens (tertiary/aromatic N) is 3. The van der Waals surface area contributed by atoms with Crippen LogP contribution in [0, 0.1) is 6.92 Å². The van der Waals surface area contributed by atoms with Gasteiger partial charge in [0.05, 0.1) is 6.54 Å². The smallest absolute Gasteiger partial charge is 0.291 e. The standard InChI is InChI=1S/C8H10N6O/c1-5-12-7(14-13-5)8(15)11-4-6-9-2-3-10-6/h2-3H,4H2,1H3,(H,9,10)(H,11,15)(H,12,13,14). The zero-order valence-corrected chi connectivity index (χ0v) is 8.11. The highest BCUT2D eigenvalue weighted by Crippen LogP contribution is 1.92. The molecule has 2 rings (SSSR count). The van der Waals surface area contributed by atoms with Crippen LogP contribution in [0.25, 0.3) is 0 Å². The topological polar surface area (TPSA) is 99.3 Å². The maximum Gasteiger partial charge on any atom is 0.291 e. The molecule has 0 radical (unpaired) electrons. The molecule has 7 nitrogen and oxygen atoms in total. The van der Waals surface area contributed by atoms with Crippen molar-refractivity contribution in [2.45, 2.75) is 13.5 Å². The number of carbonyl (C=O) groups is 1. The quantitative estimate of drug-likeness (QED) is 0.645. The van der Waals surface area contributed by atoms with Gasteiger partial charge in [0.15, 0.2) is 0 Å². The highest BCUT2D eigenvalue weighted by atomic mass is 16.2. The van der Waals surface area contributed by atoms with E-state index in [1.807, 2.05) is 0 Å². The average molecular weight is 206 g/mol. The predicted molar refractivity (Wildman–Crippen MR) is 50.9 cm³/mol. The van der Waals surface area contributed by atoms with Gasteiger partial charge in [-0.2, -0.15) is 0 Å². The second kappa shape index (κ2) is 3.91. The van der Waals surface area contributed by atoms with Crippen LogP contribution in [0.15, 0.2) is 12.4 Å². The van der Waals surface area contributed by atoms with Gasteiger partial charge in [0.2, 0.25) is 5.82 Å². The van der Waals surface area contributed by atoms with E-state index in [0.29, 0.717) is 18.2 Å². The number of aromatic nitrogens is 5. The Morgan fingerprint density at radius 1 is 1.60 bits per heavy atom. The molecule has 2 heterocycles. The molecular weight excluding hydrogens is 196 g/mol. The van der Waals surface area contributed by atoms with Crippen molar-refractivity contribution in [3.63, 3.8) is 0 Å². The molecule has 0 unspecified atom stereocenters. The summed E-state index contributed by atoms with van der Waals surface area (Å²) in [4.78, 5) is 22.2. The first-order valence-corrected chi connectivity index (χ1v) is 4.41. The Morgan fingerprint density at radius 3 is 3.07 bits per heavy atom. The summed E-state index contributed by atoms with van der Waals surface area (Å²) < 4.78 is 0. The molecule has 7 heteroatoms. The number of rotatable bonds is 3. The first kappa shape index (κ1) is 9.38. The van der Waals surface area contributed by atoms with Crippen LogP contribution in [-0.2, 0) is 6.54 Å². The summed E-state index contributed by atoms with van der Waals surface area (Å²) in [6.45, 7) is 2.07. The molecular formula is C8H10N6O. The van der Waals surface area contributed by atoms with E-state index in [-0.39, 0.29) is 11.7 Å². The van der Waals surface area contributed by atoms with Crippen LogP contribution in [0.3, 0.4) is 0 Å². The fourth-order valence-electron chi connectivity index (χ4n) is 1.08. The molecule has 3 N–H and O–H groups in total. The highest BCUT2D eigenvalue weighted by Gasteiger charge is 2.10. The van der Waals surface area contributed by atoms with Crippen molar-refractivity contribution in [2.24, 2.45) is 0 Å². The summed E-state index contributed by atoms with van der Waals surface area (Å²) in [5, 5.41) is 8.97. The Kier molecular flexibility index (Phi) is 2.44. The fourth-order valence-corrected chi connectivity index (χ4v) is 1.08. The van der Waals surface area contributed by atoms with Gasteiger partial charge in [-0.3, -0.25) is 9.89 Å². The van der Waals surface area contributed by atoms with Gasteiger partial charge in [0.25, 0.3) is 5.91 Å². The number of aromatic amines is 2. The molecule has 0 bridgehead atoms. The third kappa shape index (κ3) is 2.19. The van der Waals surface area contributed by atoms with Crippen LogP contribution in [0.5, 0.6) is 0 Å². The van der Waals surface area contributed by atoms with Gasteiger partial charge in [-0.05, 0) is 6.92 Å². The lowest BCUT2D eigenvalue weighted by Gasteiger charge is -1.98. The van der Waals surface area contributed by atoms with Crippen LogP contribution < -0.4 is 5.32 Å². The van der Waals surface area contributed by atoms with E-state index in [1.165, 1.54) is 0 Å². The van der Waals surface area contributed by atoms with Crippen molar-refractivity contribution in [2.75, 3.05) is 0 Å². The molecule has 2 aromatic rings. The number of amides is 1. The maximum atomic E-state index is 11.5. The van der Waals surface area contributed by atoms with Gasteiger partial charge < -0.3 is 10.3 Å². The van der Waals surface area contributed by atoms with Crippen molar-refractivity contribution >= 4 is 5.91 Å². The fraction of sp³-hybridized carbons (Fsp3) is 0.250. The van der Waals surface area contributed by atoms with Gasteiger partial charge in [-0.15, -0.1) is 5.10 Å². The minimum Gasteiger partial charge on any atom is -0.347 e. The molecule has 0 saturated carbocycles. The lowest BCUT2D eigenvalue weighted by molar-refractivity contribution is 0.0940. The van der Waals surface area contributed by atoms with Gasteiger partial charge in [0.1, 0.15) is 11.6 Å². The minimum atomic E-state index is -0.323. The zero-order chi connectivity index (χ0) is 10.7. The molecule has 2 aromatic heterocycles. The molecule has 15 heavy (non-hydrogen) atoms. The zero-order valence-electron chi connectivity index (χ0n) is 8.11. The van der Waals surface area contributed by atoms with Crippen LogP contribution >= 0.6 is 0 Å². The molecule has 0 saturated heterocycles. The van der Waals surface area contributed by atoms with E-state index in [4.69, 9.17) is 0 Å². The monoisotopic (exact) mass is 206 g/mol. The van der Waals surface area contributed by atoms with E-state index in [0.717, 1.165) is 0 Å². The molecule has 78 valence electrons. The van der Waals surface area contributed by atoms with Gasteiger partial charge >= 0.3 is 0 Å². The van der Waals surface area contributed by atoms with Crippen molar-refractivity contribution in [1.29, 1.82) is 0 Å². The summed E-state index contributed by atoms with van der Waals surface area (Å²) >= 11 is 0. The van der Waals surface area contributed by atoms with Crippen LogP contribution in [0.2, 0.25) is 0 Å². The third-order valence-corrected chi connectivity index (χ3v) is 1.77. The number of nitrogens with one attached hydrogen (secondary N) is 3. The number of H-pyrrole nitrogens is 2. The molecule has 0 spiro atoms. The average Bonchev–Trinajstić information content (AvgIpc) is 2.84. The number of aryl methyl sites for hydroxylation is 1. The largest absolute Gasteiger partial charge is 0.347 e. The summed E-state index contributed by atoms with van der Waals surface area (Å²) in [6, 6.07) is 0.